The second kappa shape index (κ2) is 6.62. The smallest absolute Gasteiger partial charge is 0.287 e. The first-order chi connectivity index (χ1) is 10.1. The molecule has 0 aliphatic heterocycles. The van der Waals surface area contributed by atoms with E-state index in [1.807, 2.05) is 5.43 Å². The first-order valence-electron chi connectivity index (χ1n) is 6.25. The molecule has 0 aliphatic rings. The fourth-order valence-electron chi connectivity index (χ4n) is 1.65. The molecule has 2 aromatic rings. The number of nitrogens with two attached hydrogens (primary N) is 1. The number of ketones is 1. The van der Waals surface area contributed by atoms with E-state index in [1.54, 1.807) is 24.3 Å². The maximum atomic E-state index is 11.3. The summed E-state index contributed by atoms with van der Waals surface area (Å²) in [7, 11) is 0. The second-order valence-electron chi connectivity index (χ2n) is 4.27. The van der Waals surface area contributed by atoms with Crippen LogP contribution in [-0.4, -0.2) is 33.3 Å². The van der Waals surface area contributed by atoms with E-state index in [1.165, 1.54) is 17.8 Å². The van der Waals surface area contributed by atoms with Gasteiger partial charge in [0.25, 0.3) is 5.91 Å². The van der Waals surface area contributed by atoms with Crippen LogP contribution in [0, 0.1) is 0 Å². The number of amides is 1. The predicted octanol–water partition coefficient (Wildman–Crippen LogP) is 0.163. The number of carbonyl (C=O) groups is 2. The molecule has 8 nitrogen and oxygen atoms in total. The number of aromatic nitrogens is 3. The Bertz CT molecular complexity index is 653. The third-order valence-electron chi connectivity index (χ3n) is 2.73. The predicted molar refractivity (Wildman–Crippen MR) is 73.6 cm³/mol. The van der Waals surface area contributed by atoms with Crippen molar-refractivity contribution in [2.24, 2.45) is 5.84 Å². The van der Waals surface area contributed by atoms with Gasteiger partial charge >= 0.3 is 0 Å². The van der Waals surface area contributed by atoms with Crippen LogP contribution in [0.3, 0.4) is 0 Å². The first-order valence-corrected chi connectivity index (χ1v) is 6.25. The van der Waals surface area contributed by atoms with Crippen LogP contribution in [-0.2, 0) is 6.54 Å². The third kappa shape index (κ3) is 3.86. The molecule has 0 unspecified atom stereocenters. The summed E-state index contributed by atoms with van der Waals surface area (Å²) in [6.45, 7) is 2.24. The van der Waals surface area contributed by atoms with Gasteiger partial charge < -0.3 is 4.74 Å². The average Bonchev–Trinajstić information content (AvgIpc) is 2.95. The van der Waals surface area contributed by atoms with Crippen LogP contribution in [0.1, 0.15) is 27.8 Å². The molecular weight excluding hydrogens is 274 g/mol. The molecule has 1 aromatic carbocycles. The summed E-state index contributed by atoms with van der Waals surface area (Å²) in [5.41, 5.74) is 2.70. The minimum atomic E-state index is -0.503. The summed E-state index contributed by atoms with van der Waals surface area (Å²) in [5, 5.41) is 7.45. The maximum Gasteiger partial charge on any atom is 0.287 e. The normalized spacial score (nSPS) is 10.2. The van der Waals surface area contributed by atoms with E-state index in [0.29, 0.717) is 24.5 Å². The molecule has 2 rings (SSSR count). The van der Waals surface area contributed by atoms with Crippen LogP contribution in [0.2, 0.25) is 0 Å². The van der Waals surface area contributed by atoms with Crippen molar-refractivity contribution in [2.45, 2.75) is 13.5 Å². The Morgan fingerprint density at radius 3 is 2.95 bits per heavy atom. The van der Waals surface area contributed by atoms with Gasteiger partial charge in [0.15, 0.2) is 11.5 Å². The summed E-state index contributed by atoms with van der Waals surface area (Å²) in [6.07, 6.45) is 1.47. The van der Waals surface area contributed by atoms with Gasteiger partial charge in [-0.15, -0.1) is 5.10 Å². The molecule has 1 amide bonds. The number of nitrogens with one attached hydrogen (secondary N) is 1. The molecule has 0 atom stereocenters. The Morgan fingerprint density at radius 1 is 1.43 bits per heavy atom. The Labute approximate surface area is 120 Å². The lowest BCUT2D eigenvalue weighted by molar-refractivity contribution is 0.0947. The van der Waals surface area contributed by atoms with Gasteiger partial charge in [-0.25, -0.2) is 10.5 Å². The molecule has 0 saturated carbocycles. The van der Waals surface area contributed by atoms with Gasteiger partial charge in [0.05, 0.1) is 12.7 Å². The van der Waals surface area contributed by atoms with Gasteiger partial charge in [-0.1, -0.05) is 17.3 Å². The molecule has 0 aliphatic carbocycles. The van der Waals surface area contributed by atoms with Crippen LogP contribution in [0.25, 0.3) is 0 Å². The van der Waals surface area contributed by atoms with Gasteiger partial charge in [-0.2, -0.15) is 0 Å². The van der Waals surface area contributed by atoms with Crippen molar-refractivity contribution >= 4 is 11.7 Å². The minimum Gasteiger partial charge on any atom is -0.492 e. The number of nitrogens with zero attached hydrogens (tertiary/aromatic N) is 3. The molecule has 0 fully saturated rings. The zero-order valence-electron chi connectivity index (χ0n) is 11.4. The maximum absolute atomic E-state index is 11.3. The number of rotatable bonds is 6. The molecule has 3 N–H and O–H groups in total. The van der Waals surface area contributed by atoms with Crippen molar-refractivity contribution in [3.8, 4) is 5.75 Å². The lowest BCUT2D eigenvalue weighted by Crippen LogP contribution is -2.30. The highest BCUT2D eigenvalue weighted by Gasteiger charge is 2.08. The van der Waals surface area contributed by atoms with E-state index in [-0.39, 0.29) is 11.5 Å². The van der Waals surface area contributed by atoms with Crippen LogP contribution in [0.15, 0.2) is 30.5 Å². The molecule has 0 bridgehead atoms. The van der Waals surface area contributed by atoms with E-state index in [9.17, 15) is 9.59 Å². The number of ether oxygens (including phenoxy) is 1. The average molecular weight is 289 g/mol. The summed E-state index contributed by atoms with van der Waals surface area (Å²) >= 11 is 0. The van der Waals surface area contributed by atoms with Gasteiger partial charge in [0.1, 0.15) is 12.4 Å². The number of hydrazine groups is 1. The molecule has 1 aromatic heterocycles. The van der Waals surface area contributed by atoms with Crippen LogP contribution < -0.4 is 16.0 Å². The Morgan fingerprint density at radius 2 is 2.24 bits per heavy atom. The topological polar surface area (TPSA) is 112 Å². The van der Waals surface area contributed by atoms with Crippen molar-refractivity contribution < 1.29 is 14.3 Å². The number of benzene rings is 1. The van der Waals surface area contributed by atoms with E-state index in [2.05, 4.69) is 10.3 Å². The van der Waals surface area contributed by atoms with Crippen LogP contribution >= 0.6 is 0 Å². The molecular formula is C13H15N5O3. The molecule has 0 spiro atoms. The Hall–Kier alpha value is -2.74. The fraction of sp³-hybridized carbons (Fsp3) is 0.231. The van der Waals surface area contributed by atoms with E-state index < -0.39 is 5.91 Å². The highest BCUT2D eigenvalue weighted by Crippen LogP contribution is 2.13. The standard InChI is InChI=1S/C13H15N5O3/c1-9(19)10-3-2-4-11(7-10)21-6-5-18-8-12(16-17-18)13(20)15-14/h2-4,7-8H,5-6,14H2,1H3,(H,15,20). The van der Waals surface area contributed by atoms with E-state index in [4.69, 9.17) is 10.6 Å². The van der Waals surface area contributed by atoms with Gasteiger partial charge in [0, 0.05) is 5.56 Å². The SMILES string of the molecule is CC(=O)c1cccc(OCCn2cc(C(=O)NN)nn2)c1. The fourth-order valence-corrected chi connectivity index (χ4v) is 1.65. The van der Waals surface area contributed by atoms with Gasteiger partial charge in [0.2, 0.25) is 0 Å². The van der Waals surface area contributed by atoms with Crippen molar-refractivity contribution in [3.05, 3.63) is 41.7 Å². The number of carbonyl (C=O) groups excluding carboxylic acids is 2. The number of Topliss-reactive ketones (excluding diaryl/α,β-unsaturated/α-hetero) is 1. The van der Waals surface area contributed by atoms with Crippen molar-refractivity contribution in [3.63, 3.8) is 0 Å². The van der Waals surface area contributed by atoms with Crippen LogP contribution in [0.4, 0.5) is 0 Å². The third-order valence-corrected chi connectivity index (χ3v) is 2.73. The molecule has 0 radical (unpaired) electrons. The summed E-state index contributed by atoms with van der Waals surface area (Å²) in [5.74, 6) is 5.08. The molecule has 0 saturated heterocycles. The monoisotopic (exact) mass is 289 g/mol. The summed E-state index contributed by atoms with van der Waals surface area (Å²) in [4.78, 5) is 22.5. The lowest BCUT2D eigenvalue weighted by Gasteiger charge is -2.06. The summed E-state index contributed by atoms with van der Waals surface area (Å²) < 4.78 is 7.00. The summed E-state index contributed by atoms with van der Waals surface area (Å²) in [6, 6.07) is 6.92. The Kier molecular flexibility index (Phi) is 4.62. The zero-order valence-corrected chi connectivity index (χ0v) is 11.4. The molecule has 1 heterocycles. The lowest BCUT2D eigenvalue weighted by atomic mass is 10.1. The first kappa shape index (κ1) is 14.7. The number of hydrogen-bond donors (Lipinski definition) is 2. The quantitative estimate of drug-likeness (QED) is 0.339. The Balaban J connectivity index is 1.89. The van der Waals surface area contributed by atoms with Crippen molar-refractivity contribution in [2.75, 3.05) is 6.61 Å². The molecule has 110 valence electrons. The van der Waals surface area contributed by atoms with Crippen LogP contribution in [0.5, 0.6) is 5.75 Å². The second-order valence-corrected chi connectivity index (χ2v) is 4.27. The number of nitrogen functional groups attached to an aromatic ring is 1. The largest absolute Gasteiger partial charge is 0.492 e. The van der Waals surface area contributed by atoms with Gasteiger partial charge in [-0.05, 0) is 19.1 Å². The van der Waals surface area contributed by atoms with Crippen molar-refractivity contribution in [1.82, 2.24) is 20.4 Å². The molecule has 21 heavy (non-hydrogen) atoms. The van der Waals surface area contributed by atoms with Gasteiger partial charge in [-0.3, -0.25) is 15.0 Å². The minimum absolute atomic E-state index is 0.0193. The van der Waals surface area contributed by atoms with E-state index >= 15 is 0 Å². The molecule has 8 heteroatoms. The van der Waals surface area contributed by atoms with Crippen molar-refractivity contribution in [1.29, 1.82) is 0 Å². The van der Waals surface area contributed by atoms with E-state index in [0.717, 1.165) is 0 Å². The highest BCUT2D eigenvalue weighted by atomic mass is 16.5. The highest BCUT2D eigenvalue weighted by molar-refractivity contribution is 5.94. The zero-order chi connectivity index (χ0) is 15.2. The number of hydrogen-bond acceptors (Lipinski definition) is 6.